The molecule has 6 nitrogen and oxygen atoms in total. The number of aromatic nitrogens is 1. The first kappa shape index (κ1) is 22.7. The first-order valence-corrected chi connectivity index (χ1v) is 11.1. The summed E-state index contributed by atoms with van der Waals surface area (Å²) in [5.74, 6) is 0.665. The van der Waals surface area contributed by atoms with Crippen LogP contribution in [0.15, 0.2) is 42.6 Å². The predicted octanol–water partition coefficient (Wildman–Crippen LogP) is 3.01. The molecule has 1 aliphatic heterocycles. The molecule has 0 radical (unpaired) electrons. The molecule has 0 spiro atoms. The zero-order valence-electron chi connectivity index (χ0n) is 17.7. The lowest BCUT2D eigenvalue weighted by Crippen LogP contribution is -2.44. The number of amides is 2. The molecule has 3 N–H and O–H groups in total. The number of benzene rings is 1. The highest BCUT2D eigenvalue weighted by Gasteiger charge is 2.55. The van der Waals surface area contributed by atoms with E-state index in [0.717, 1.165) is 32.4 Å². The smallest absolute Gasteiger partial charge is 0.253 e. The molecule has 8 heteroatoms. The van der Waals surface area contributed by atoms with E-state index in [9.17, 15) is 14.0 Å². The van der Waals surface area contributed by atoms with Crippen LogP contribution in [0.4, 0.5) is 4.39 Å². The van der Waals surface area contributed by atoms with Crippen LogP contribution in [0.3, 0.4) is 0 Å². The fourth-order valence-corrected chi connectivity index (χ4v) is 5.17. The normalized spacial score (nSPS) is 28.4. The van der Waals surface area contributed by atoms with Gasteiger partial charge in [-0.1, -0.05) is 18.6 Å². The third-order valence-corrected chi connectivity index (χ3v) is 7.08. The van der Waals surface area contributed by atoms with Gasteiger partial charge in [0.1, 0.15) is 5.82 Å². The van der Waals surface area contributed by atoms with Crippen molar-refractivity contribution in [1.82, 2.24) is 15.2 Å². The molecular formula is C24H28ClFN4O2. The van der Waals surface area contributed by atoms with E-state index in [1.165, 1.54) is 18.3 Å². The van der Waals surface area contributed by atoms with Gasteiger partial charge in [-0.3, -0.25) is 14.6 Å². The van der Waals surface area contributed by atoms with E-state index in [1.807, 2.05) is 4.90 Å². The number of hydrogen-bond donors (Lipinski definition) is 2. The maximum Gasteiger partial charge on any atom is 0.253 e. The summed E-state index contributed by atoms with van der Waals surface area (Å²) in [6, 6.07) is 9.90. The van der Waals surface area contributed by atoms with Crippen LogP contribution in [-0.2, 0) is 4.79 Å². The molecule has 2 aliphatic carbocycles. The molecule has 5 rings (SSSR count). The quantitative estimate of drug-likeness (QED) is 0.737. The fourth-order valence-electron chi connectivity index (χ4n) is 5.17. The number of rotatable bonds is 4. The average Bonchev–Trinajstić information content (AvgIpc) is 3.18. The van der Waals surface area contributed by atoms with Crippen molar-refractivity contribution >= 4 is 24.2 Å². The molecule has 2 amide bonds. The van der Waals surface area contributed by atoms with Gasteiger partial charge in [0.05, 0.1) is 11.3 Å². The highest BCUT2D eigenvalue weighted by atomic mass is 35.5. The number of carbonyl (C=O) groups is 2. The lowest BCUT2D eigenvalue weighted by atomic mass is 9.84. The number of hydrogen-bond acceptors (Lipinski definition) is 4. The number of nitrogens with two attached hydrogens (primary N) is 1. The van der Waals surface area contributed by atoms with E-state index in [0.29, 0.717) is 35.1 Å². The van der Waals surface area contributed by atoms with Crippen LogP contribution >= 0.6 is 12.4 Å². The second kappa shape index (κ2) is 9.16. The summed E-state index contributed by atoms with van der Waals surface area (Å²) in [6.45, 7) is 1.59. The largest absolute Gasteiger partial charge is 0.349 e. The minimum Gasteiger partial charge on any atom is -0.349 e. The molecule has 3 fully saturated rings. The van der Waals surface area contributed by atoms with Crippen molar-refractivity contribution in [1.29, 1.82) is 0 Å². The molecule has 1 aromatic carbocycles. The summed E-state index contributed by atoms with van der Waals surface area (Å²) in [6.07, 6.45) is 4.88. The number of likely N-dealkylation sites (tertiary alicyclic amines) is 1. The Morgan fingerprint density at radius 3 is 2.59 bits per heavy atom. The molecule has 170 valence electrons. The van der Waals surface area contributed by atoms with E-state index in [-0.39, 0.29) is 48.0 Å². The van der Waals surface area contributed by atoms with Gasteiger partial charge >= 0.3 is 0 Å². The molecule has 1 saturated heterocycles. The maximum atomic E-state index is 13.4. The minimum atomic E-state index is -0.323. The number of halogens is 2. The molecule has 32 heavy (non-hydrogen) atoms. The van der Waals surface area contributed by atoms with Crippen LogP contribution < -0.4 is 11.1 Å². The van der Waals surface area contributed by atoms with E-state index in [2.05, 4.69) is 10.3 Å². The van der Waals surface area contributed by atoms with E-state index in [4.69, 9.17) is 5.73 Å². The van der Waals surface area contributed by atoms with Crippen molar-refractivity contribution in [2.45, 2.75) is 37.8 Å². The summed E-state index contributed by atoms with van der Waals surface area (Å²) in [4.78, 5) is 31.9. The van der Waals surface area contributed by atoms with Gasteiger partial charge in [0.15, 0.2) is 0 Å². The molecule has 1 unspecified atom stereocenters. The zero-order valence-corrected chi connectivity index (χ0v) is 18.6. The summed E-state index contributed by atoms with van der Waals surface area (Å²) in [5.41, 5.74) is 7.73. The van der Waals surface area contributed by atoms with Crippen molar-refractivity contribution in [2.24, 2.45) is 23.5 Å². The highest BCUT2D eigenvalue weighted by Crippen LogP contribution is 2.44. The fraction of sp³-hybridized carbons (Fsp3) is 0.458. The number of pyridine rings is 1. The van der Waals surface area contributed by atoms with E-state index < -0.39 is 0 Å². The molecule has 2 aromatic rings. The maximum absolute atomic E-state index is 13.4. The van der Waals surface area contributed by atoms with Gasteiger partial charge in [-0.25, -0.2) is 4.39 Å². The lowest BCUT2D eigenvalue weighted by molar-refractivity contribution is -0.136. The van der Waals surface area contributed by atoms with Crippen LogP contribution in [-0.4, -0.2) is 46.9 Å². The third kappa shape index (κ3) is 4.50. The number of carbonyl (C=O) groups excluding carboxylic acids is 2. The summed E-state index contributed by atoms with van der Waals surface area (Å²) < 4.78 is 13.4. The summed E-state index contributed by atoms with van der Waals surface area (Å²) in [5, 5.41) is 3.07. The summed E-state index contributed by atoms with van der Waals surface area (Å²) >= 11 is 0. The molecule has 2 saturated carbocycles. The predicted molar refractivity (Wildman–Crippen MR) is 122 cm³/mol. The number of nitrogens with one attached hydrogen (secondary N) is 1. The van der Waals surface area contributed by atoms with E-state index >= 15 is 0 Å². The first-order chi connectivity index (χ1) is 15.0. The van der Waals surface area contributed by atoms with Crippen LogP contribution in [0.1, 0.15) is 36.0 Å². The van der Waals surface area contributed by atoms with Gasteiger partial charge in [0.25, 0.3) is 5.91 Å². The van der Waals surface area contributed by atoms with Crippen molar-refractivity contribution in [3.63, 3.8) is 0 Å². The Balaban J connectivity index is 0.00000245. The SMILES string of the molecule is Cl.NC1[C@H]2CN(C(=O)[C@@H]3CCC[C@H](NC(=O)c4ccc(-c5cccc(F)c5)nc4)C3)C[C@@H]12. The van der Waals surface area contributed by atoms with Crippen LogP contribution in [0.2, 0.25) is 0 Å². The molecule has 3 aliphatic rings. The van der Waals surface area contributed by atoms with Gasteiger partial charge < -0.3 is 16.0 Å². The van der Waals surface area contributed by atoms with Gasteiger partial charge in [0.2, 0.25) is 5.91 Å². The highest BCUT2D eigenvalue weighted by molar-refractivity contribution is 5.94. The van der Waals surface area contributed by atoms with Crippen molar-refractivity contribution in [3.05, 3.63) is 54.0 Å². The zero-order chi connectivity index (χ0) is 21.5. The first-order valence-electron chi connectivity index (χ1n) is 11.1. The Hall–Kier alpha value is -2.51. The van der Waals surface area contributed by atoms with Gasteiger partial charge in [-0.2, -0.15) is 0 Å². The van der Waals surface area contributed by atoms with Crippen molar-refractivity contribution in [3.8, 4) is 11.3 Å². The molecule has 1 aromatic heterocycles. The molecule has 5 atom stereocenters. The molecular weight excluding hydrogens is 431 g/mol. The van der Waals surface area contributed by atoms with Crippen LogP contribution in [0.25, 0.3) is 11.3 Å². The second-order valence-corrected chi connectivity index (χ2v) is 9.12. The monoisotopic (exact) mass is 458 g/mol. The van der Waals surface area contributed by atoms with E-state index in [1.54, 1.807) is 24.3 Å². The third-order valence-electron chi connectivity index (χ3n) is 7.08. The Kier molecular flexibility index (Phi) is 6.49. The Labute approximate surface area is 193 Å². The average molecular weight is 459 g/mol. The Morgan fingerprint density at radius 1 is 1.12 bits per heavy atom. The van der Waals surface area contributed by atoms with Gasteiger partial charge in [0, 0.05) is 42.9 Å². The van der Waals surface area contributed by atoms with Crippen LogP contribution in [0, 0.1) is 23.6 Å². The molecule has 2 heterocycles. The van der Waals surface area contributed by atoms with Crippen molar-refractivity contribution in [2.75, 3.05) is 13.1 Å². The number of nitrogens with zero attached hydrogens (tertiary/aromatic N) is 2. The van der Waals surface area contributed by atoms with Crippen molar-refractivity contribution < 1.29 is 14.0 Å². The van der Waals surface area contributed by atoms with Gasteiger partial charge in [-0.15, -0.1) is 12.4 Å². The number of piperidine rings is 1. The molecule has 0 bridgehead atoms. The second-order valence-electron chi connectivity index (χ2n) is 9.12. The Morgan fingerprint density at radius 2 is 1.91 bits per heavy atom. The Bertz CT molecular complexity index is 990. The number of fused-ring (bicyclic) bond motifs is 1. The summed E-state index contributed by atoms with van der Waals surface area (Å²) in [7, 11) is 0. The lowest BCUT2D eigenvalue weighted by Gasteiger charge is -2.32. The minimum absolute atomic E-state index is 0. The van der Waals surface area contributed by atoms with Gasteiger partial charge in [-0.05, 0) is 55.4 Å². The van der Waals surface area contributed by atoms with Crippen LogP contribution in [0.5, 0.6) is 0 Å². The topological polar surface area (TPSA) is 88.3 Å². The standard InChI is InChI=1S/C24H27FN4O2.ClH/c25-17-5-1-3-14(9-17)21-8-7-16(11-27-21)23(30)28-18-6-2-4-15(10-18)24(31)29-12-19-20(13-29)22(19)26;/h1,3,5,7-9,11,15,18-20,22H,2,4,6,10,12-13,26H2,(H,28,30);1H/t15-,18+,19-,20+,22?;/m1./s1.